The van der Waals surface area contributed by atoms with Crippen LogP contribution in [0.15, 0.2) is 34.2 Å². The van der Waals surface area contributed by atoms with Crippen molar-refractivity contribution in [3.63, 3.8) is 0 Å². The number of nitrogens with one attached hydrogen (secondary N) is 2. The zero-order valence-corrected chi connectivity index (χ0v) is 11.5. The Balaban J connectivity index is 1.52. The van der Waals surface area contributed by atoms with E-state index in [0.29, 0.717) is 18.1 Å². The summed E-state index contributed by atoms with van der Waals surface area (Å²) in [6.07, 6.45) is 4.40. The Kier molecular flexibility index (Phi) is 3.89. The first kappa shape index (κ1) is 13.0. The average Bonchev–Trinajstić information content (AvgIpc) is 3.19. The highest BCUT2D eigenvalue weighted by molar-refractivity contribution is 7.09. The summed E-state index contributed by atoms with van der Waals surface area (Å²) in [7, 11) is 0. The third-order valence-corrected chi connectivity index (χ3v) is 3.78. The van der Waals surface area contributed by atoms with Gasteiger partial charge in [0.15, 0.2) is 5.82 Å². The fourth-order valence-electron chi connectivity index (χ4n) is 1.92. The van der Waals surface area contributed by atoms with E-state index in [2.05, 4.69) is 20.8 Å². The maximum Gasteiger partial charge on any atom is 0.241 e. The first-order valence-corrected chi connectivity index (χ1v) is 7.21. The zero-order chi connectivity index (χ0) is 13.8. The molecule has 1 atom stereocenters. The molecule has 7 heteroatoms. The summed E-state index contributed by atoms with van der Waals surface area (Å²) >= 11 is 1.65. The number of amides is 1. The Morgan fingerprint density at radius 1 is 1.60 bits per heavy atom. The van der Waals surface area contributed by atoms with E-state index in [9.17, 15) is 4.79 Å². The molecule has 2 aromatic heterocycles. The van der Waals surface area contributed by atoms with Crippen LogP contribution in [0.5, 0.6) is 0 Å². The third-order valence-electron chi connectivity index (χ3n) is 2.90. The van der Waals surface area contributed by atoms with Crippen molar-refractivity contribution in [2.45, 2.75) is 19.0 Å². The molecular weight excluding hydrogens is 276 g/mol. The molecular formula is C13H14N4O2S. The van der Waals surface area contributed by atoms with Crippen LogP contribution < -0.4 is 10.6 Å². The highest BCUT2D eigenvalue weighted by atomic mass is 32.1. The van der Waals surface area contributed by atoms with E-state index in [-0.39, 0.29) is 18.5 Å². The molecule has 6 nitrogen and oxygen atoms in total. The third kappa shape index (κ3) is 3.12. The number of aromatic nitrogens is 2. The molecule has 104 valence electrons. The summed E-state index contributed by atoms with van der Waals surface area (Å²) in [5.41, 5.74) is 0. The Morgan fingerprint density at radius 3 is 3.30 bits per heavy atom. The van der Waals surface area contributed by atoms with Gasteiger partial charge in [0.25, 0.3) is 0 Å². The highest BCUT2D eigenvalue weighted by Crippen LogP contribution is 2.13. The number of carbonyl (C=O) groups excluding carboxylic acids is 1. The number of thiophene rings is 1. The summed E-state index contributed by atoms with van der Waals surface area (Å²) in [6, 6.07) is 3.75. The van der Waals surface area contributed by atoms with Crippen LogP contribution in [0.4, 0.5) is 0 Å². The maximum absolute atomic E-state index is 11.8. The van der Waals surface area contributed by atoms with Crippen LogP contribution in [0.2, 0.25) is 0 Å². The summed E-state index contributed by atoms with van der Waals surface area (Å²) in [6.45, 7) is 1.00. The molecule has 0 saturated carbocycles. The van der Waals surface area contributed by atoms with E-state index in [1.807, 2.05) is 29.7 Å². The molecule has 0 bridgehead atoms. The van der Waals surface area contributed by atoms with E-state index in [1.54, 1.807) is 11.3 Å². The molecule has 0 unspecified atom stereocenters. The van der Waals surface area contributed by atoms with Crippen molar-refractivity contribution in [2.24, 2.45) is 0 Å². The minimum absolute atomic E-state index is 0.0802. The van der Waals surface area contributed by atoms with Gasteiger partial charge in [0, 0.05) is 11.4 Å². The van der Waals surface area contributed by atoms with Gasteiger partial charge in [-0.25, -0.2) is 0 Å². The largest absolute Gasteiger partial charge is 0.347 e. The lowest BCUT2D eigenvalue weighted by Crippen LogP contribution is -2.40. The first-order valence-electron chi connectivity index (χ1n) is 6.33. The van der Waals surface area contributed by atoms with Crippen molar-refractivity contribution in [3.05, 3.63) is 46.3 Å². The Bertz CT molecular complexity index is 606. The van der Waals surface area contributed by atoms with Crippen LogP contribution in [0.1, 0.15) is 16.6 Å². The van der Waals surface area contributed by atoms with Crippen LogP contribution in [0.3, 0.4) is 0 Å². The van der Waals surface area contributed by atoms with Crippen molar-refractivity contribution in [2.75, 3.05) is 6.54 Å². The molecule has 1 aliphatic heterocycles. The van der Waals surface area contributed by atoms with Crippen molar-refractivity contribution in [3.8, 4) is 0 Å². The second-order valence-electron chi connectivity index (χ2n) is 4.39. The summed E-state index contributed by atoms with van der Waals surface area (Å²) in [5, 5.41) is 11.7. The molecule has 1 aliphatic rings. The fourth-order valence-corrected chi connectivity index (χ4v) is 2.62. The van der Waals surface area contributed by atoms with E-state index < -0.39 is 0 Å². The van der Waals surface area contributed by atoms with Crippen LogP contribution in [0, 0.1) is 0 Å². The van der Waals surface area contributed by atoms with Gasteiger partial charge in [-0.3, -0.25) is 10.1 Å². The number of carbonyl (C=O) groups is 1. The fraction of sp³-hybridized carbons (Fsp3) is 0.308. The second-order valence-corrected chi connectivity index (χ2v) is 5.42. The smallest absolute Gasteiger partial charge is 0.241 e. The van der Waals surface area contributed by atoms with Gasteiger partial charge in [0.2, 0.25) is 11.8 Å². The van der Waals surface area contributed by atoms with Crippen molar-refractivity contribution >= 4 is 17.2 Å². The normalized spacial score (nSPS) is 17.5. The minimum Gasteiger partial charge on any atom is -0.347 e. The Morgan fingerprint density at radius 2 is 2.55 bits per heavy atom. The summed E-state index contributed by atoms with van der Waals surface area (Å²) in [5.74, 6) is 0.978. The van der Waals surface area contributed by atoms with Gasteiger partial charge in [-0.2, -0.15) is 4.98 Å². The summed E-state index contributed by atoms with van der Waals surface area (Å²) in [4.78, 5) is 17.2. The van der Waals surface area contributed by atoms with Gasteiger partial charge >= 0.3 is 0 Å². The average molecular weight is 290 g/mol. The van der Waals surface area contributed by atoms with Gasteiger partial charge in [-0.15, -0.1) is 11.3 Å². The van der Waals surface area contributed by atoms with Crippen molar-refractivity contribution < 1.29 is 9.32 Å². The second kappa shape index (κ2) is 5.98. The van der Waals surface area contributed by atoms with Crippen LogP contribution >= 0.6 is 11.3 Å². The number of rotatable bonds is 5. The Hall–Kier alpha value is -1.99. The van der Waals surface area contributed by atoms with E-state index >= 15 is 0 Å². The lowest BCUT2D eigenvalue weighted by Gasteiger charge is -2.08. The molecule has 3 heterocycles. The predicted octanol–water partition coefficient (Wildman–Crippen LogP) is 0.866. The standard InChI is InChI=1S/C13H14N4O2S/c18-13(10-4-1-5-14-10)15-8-11-16-12(19-17-11)7-9-3-2-6-20-9/h1-4,6,10,14H,5,7-8H2,(H,15,18)/t10-/m1/s1. The lowest BCUT2D eigenvalue weighted by atomic mass is 10.3. The number of hydrogen-bond donors (Lipinski definition) is 2. The summed E-state index contributed by atoms with van der Waals surface area (Å²) < 4.78 is 5.16. The SMILES string of the molecule is O=C(NCc1noc(Cc2cccs2)n1)[C@H]1C=CCN1. The molecule has 1 amide bonds. The van der Waals surface area contributed by atoms with Gasteiger partial charge in [-0.1, -0.05) is 23.4 Å². The van der Waals surface area contributed by atoms with Crippen LogP contribution in [-0.4, -0.2) is 28.6 Å². The molecule has 0 aromatic carbocycles. The van der Waals surface area contributed by atoms with Gasteiger partial charge in [-0.05, 0) is 11.4 Å². The molecule has 0 aliphatic carbocycles. The number of nitrogens with zero attached hydrogens (tertiary/aromatic N) is 2. The monoisotopic (exact) mass is 290 g/mol. The molecule has 2 aromatic rings. The van der Waals surface area contributed by atoms with Gasteiger partial charge in [0.05, 0.1) is 13.0 Å². The topological polar surface area (TPSA) is 80.1 Å². The quantitative estimate of drug-likeness (QED) is 0.799. The lowest BCUT2D eigenvalue weighted by molar-refractivity contribution is -0.122. The molecule has 2 N–H and O–H groups in total. The molecule has 0 fully saturated rings. The first-order chi connectivity index (χ1) is 9.81. The molecule has 20 heavy (non-hydrogen) atoms. The Labute approximate surface area is 119 Å². The van der Waals surface area contributed by atoms with Crippen LogP contribution in [-0.2, 0) is 17.8 Å². The van der Waals surface area contributed by atoms with Crippen molar-refractivity contribution in [1.29, 1.82) is 0 Å². The zero-order valence-electron chi connectivity index (χ0n) is 10.7. The van der Waals surface area contributed by atoms with Gasteiger partial charge < -0.3 is 9.84 Å². The van der Waals surface area contributed by atoms with Crippen LogP contribution in [0.25, 0.3) is 0 Å². The minimum atomic E-state index is -0.257. The molecule has 0 radical (unpaired) electrons. The molecule has 3 rings (SSSR count). The maximum atomic E-state index is 11.8. The predicted molar refractivity (Wildman–Crippen MR) is 74.2 cm³/mol. The van der Waals surface area contributed by atoms with Gasteiger partial charge in [0.1, 0.15) is 6.04 Å². The van der Waals surface area contributed by atoms with E-state index in [4.69, 9.17) is 4.52 Å². The van der Waals surface area contributed by atoms with E-state index in [1.165, 1.54) is 4.88 Å². The highest BCUT2D eigenvalue weighted by Gasteiger charge is 2.17. The molecule has 0 spiro atoms. The molecule has 0 saturated heterocycles. The van der Waals surface area contributed by atoms with Crippen molar-refractivity contribution in [1.82, 2.24) is 20.8 Å². The number of hydrogen-bond acceptors (Lipinski definition) is 6. The van der Waals surface area contributed by atoms with E-state index in [0.717, 1.165) is 6.54 Å².